The number of carbonyl (C=O) groups is 1. The first kappa shape index (κ1) is 16.6. The van der Waals surface area contributed by atoms with Crippen molar-refractivity contribution in [2.45, 2.75) is 40.7 Å². The van der Waals surface area contributed by atoms with Crippen LogP contribution in [0.4, 0.5) is 0 Å². The third-order valence-electron chi connectivity index (χ3n) is 3.71. The SMILES string of the molecule is CCc1nnc2sc(-c3ccc(CNC(=O)C(C)(C)C)cc3)nn12. The van der Waals surface area contributed by atoms with E-state index in [4.69, 9.17) is 0 Å². The van der Waals surface area contributed by atoms with E-state index in [0.29, 0.717) is 6.54 Å². The number of nitrogens with zero attached hydrogens (tertiary/aromatic N) is 4. The molecule has 3 aromatic rings. The molecule has 0 aliphatic heterocycles. The lowest BCUT2D eigenvalue weighted by atomic mass is 9.95. The number of benzene rings is 1. The van der Waals surface area contributed by atoms with Gasteiger partial charge in [-0.3, -0.25) is 4.79 Å². The molecule has 24 heavy (non-hydrogen) atoms. The Hall–Kier alpha value is -2.28. The van der Waals surface area contributed by atoms with Crippen molar-refractivity contribution in [1.29, 1.82) is 0 Å². The molecular formula is C17H21N5OS. The van der Waals surface area contributed by atoms with Crippen LogP contribution in [-0.2, 0) is 17.8 Å². The highest BCUT2D eigenvalue weighted by molar-refractivity contribution is 7.19. The Morgan fingerprint density at radius 3 is 2.54 bits per heavy atom. The zero-order valence-electron chi connectivity index (χ0n) is 14.3. The molecule has 0 bridgehead atoms. The Balaban J connectivity index is 1.73. The molecule has 0 spiro atoms. The Kier molecular flexibility index (Phi) is 4.36. The van der Waals surface area contributed by atoms with E-state index in [-0.39, 0.29) is 11.3 Å². The van der Waals surface area contributed by atoms with E-state index in [1.807, 2.05) is 52.0 Å². The zero-order chi connectivity index (χ0) is 17.3. The van der Waals surface area contributed by atoms with Gasteiger partial charge in [-0.1, -0.05) is 63.3 Å². The number of hydrogen-bond acceptors (Lipinski definition) is 5. The summed E-state index contributed by atoms with van der Waals surface area (Å²) in [5, 5.41) is 16.7. The van der Waals surface area contributed by atoms with Crippen LogP contribution in [0.5, 0.6) is 0 Å². The highest BCUT2D eigenvalue weighted by Crippen LogP contribution is 2.25. The number of carbonyl (C=O) groups excluding carboxylic acids is 1. The van der Waals surface area contributed by atoms with Gasteiger partial charge in [0.2, 0.25) is 10.9 Å². The fourth-order valence-corrected chi connectivity index (χ4v) is 3.07. The van der Waals surface area contributed by atoms with E-state index in [1.54, 1.807) is 4.52 Å². The van der Waals surface area contributed by atoms with E-state index in [1.165, 1.54) is 11.3 Å². The highest BCUT2D eigenvalue weighted by Gasteiger charge is 2.20. The molecule has 2 heterocycles. The summed E-state index contributed by atoms with van der Waals surface area (Å²) in [5.41, 5.74) is 1.73. The Morgan fingerprint density at radius 2 is 1.92 bits per heavy atom. The molecule has 0 saturated heterocycles. The lowest BCUT2D eigenvalue weighted by Gasteiger charge is -2.17. The van der Waals surface area contributed by atoms with Crippen LogP contribution >= 0.6 is 11.3 Å². The molecule has 6 nitrogen and oxygen atoms in total. The molecule has 7 heteroatoms. The summed E-state index contributed by atoms with van der Waals surface area (Å²) in [6.07, 6.45) is 0.802. The summed E-state index contributed by atoms with van der Waals surface area (Å²) >= 11 is 1.52. The molecular weight excluding hydrogens is 322 g/mol. The first-order valence-electron chi connectivity index (χ1n) is 7.97. The average molecular weight is 343 g/mol. The minimum absolute atomic E-state index is 0.0484. The number of amides is 1. The summed E-state index contributed by atoms with van der Waals surface area (Å²) in [4.78, 5) is 12.7. The van der Waals surface area contributed by atoms with Crippen LogP contribution in [0.3, 0.4) is 0 Å². The highest BCUT2D eigenvalue weighted by atomic mass is 32.1. The van der Waals surface area contributed by atoms with Crippen molar-refractivity contribution in [3.8, 4) is 10.6 Å². The van der Waals surface area contributed by atoms with Gasteiger partial charge >= 0.3 is 0 Å². The molecule has 3 rings (SSSR count). The van der Waals surface area contributed by atoms with E-state index in [2.05, 4.69) is 20.6 Å². The number of nitrogens with one attached hydrogen (secondary N) is 1. The summed E-state index contributed by atoms with van der Waals surface area (Å²) < 4.78 is 1.80. The topological polar surface area (TPSA) is 72.2 Å². The molecule has 0 radical (unpaired) electrons. The quantitative estimate of drug-likeness (QED) is 0.790. The Bertz CT molecular complexity index is 857. The number of aryl methyl sites for hydroxylation is 1. The smallest absolute Gasteiger partial charge is 0.234 e. The van der Waals surface area contributed by atoms with Gasteiger partial charge in [-0.05, 0) is 5.56 Å². The van der Waals surface area contributed by atoms with Crippen molar-refractivity contribution in [3.05, 3.63) is 35.7 Å². The second-order valence-corrected chi connectivity index (χ2v) is 7.66. The van der Waals surface area contributed by atoms with Crippen molar-refractivity contribution < 1.29 is 4.79 Å². The molecule has 0 fully saturated rings. The summed E-state index contributed by atoms with van der Waals surface area (Å²) in [6, 6.07) is 8.08. The summed E-state index contributed by atoms with van der Waals surface area (Å²) in [5.74, 6) is 0.918. The lowest BCUT2D eigenvalue weighted by molar-refractivity contribution is -0.128. The fraction of sp³-hybridized carbons (Fsp3) is 0.412. The molecule has 0 atom stereocenters. The van der Waals surface area contributed by atoms with Gasteiger partial charge in [-0.15, -0.1) is 10.2 Å². The average Bonchev–Trinajstić information content (AvgIpc) is 3.12. The first-order chi connectivity index (χ1) is 11.4. The Labute approximate surface area is 144 Å². The number of aromatic nitrogens is 4. The maximum atomic E-state index is 11.9. The van der Waals surface area contributed by atoms with E-state index < -0.39 is 0 Å². The molecule has 126 valence electrons. The molecule has 1 amide bonds. The van der Waals surface area contributed by atoms with Crippen LogP contribution in [-0.4, -0.2) is 25.7 Å². The number of fused-ring (bicyclic) bond motifs is 1. The van der Waals surface area contributed by atoms with Gasteiger partial charge in [-0.25, -0.2) is 0 Å². The monoisotopic (exact) mass is 343 g/mol. The molecule has 0 saturated carbocycles. The predicted molar refractivity (Wildman–Crippen MR) is 94.8 cm³/mol. The van der Waals surface area contributed by atoms with Gasteiger partial charge < -0.3 is 5.32 Å². The molecule has 1 aromatic carbocycles. The van der Waals surface area contributed by atoms with Crippen molar-refractivity contribution in [2.24, 2.45) is 5.41 Å². The fourth-order valence-electron chi connectivity index (χ4n) is 2.21. The molecule has 0 unspecified atom stereocenters. The van der Waals surface area contributed by atoms with Gasteiger partial charge in [0.05, 0.1) is 0 Å². The van der Waals surface area contributed by atoms with Crippen molar-refractivity contribution in [2.75, 3.05) is 0 Å². The van der Waals surface area contributed by atoms with E-state index in [0.717, 1.165) is 33.3 Å². The summed E-state index contributed by atoms with van der Waals surface area (Å²) in [6.45, 7) is 8.29. The maximum absolute atomic E-state index is 11.9. The second kappa shape index (κ2) is 6.32. The Morgan fingerprint density at radius 1 is 1.21 bits per heavy atom. The van der Waals surface area contributed by atoms with Crippen molar-refractivity contribution in [3.63, 3.8) is 0 Å². The largest absolute Gasteiger partial charge is 0.352 e. The van der Waals surface area contributed by atoms with Crippen molar-refractivity contribution in [1.82, 2.24) is 25.1 Å². The van der Waals surface area contributed by atoms with Gasteiger partial charge in [0.1, 0.15) is 5.01 Å². The van der Waals surface area contributed by atoms with Crippen LogP contribution in [0.15, 0.2) is 24.3 Å². The zero-order valence-corrected chi connectivity index (χ0v) is 15.1. The van der Waals surface area contributed by atoms with Crippen LogP contribution in [0.25, 0.3) is 15.5 Å². The van der Waals surface area contributed by atoms with Crippen LogP contribution in [0, 0.1) is 5.41 Å². The van der Waals surface area contributed by atoms with Gasteiger partial charge in [0.25, 0.3) is 0 Å². The molecule has 0 aliphatic rings. The standard InChI is InChI=1S/C17H21N5OS/c1-5-13-19-20-16-22(13)21-14(24-16)12-8-6-11(7-9-12)10-18-15(23)17(2,3)4/h6-9H,5,10H2,1-4H3,(H,18,23). The normalized spacial score (nSPS) is 11.8. The number of rotatable bonds is 4. The molecule has 2 aromatic heterocycles. The third-order valence-corrected chi connectivity index (χ3v) is 4.65. The predicted octanol–water partition coefficient (Wildman–Crippen LogP) is 3.08. The lowest BCUT2D eigenvalue weighted by Crippen LogP contribution is -2.34. The summed E-state index contributed by atoms with van der Waals surface area (Å²) in [7, 11) is 0. The maximum Gasteiger partial charge on any atom is 0.234 e. The third kappa shape index (κ3) is 3.31. The van der Waals surface area contributed by atoms with Gasteiger partial charge in [-0.2, -0.15) is 9.61 Å². The van der Waals surface area contributed by atoms with Crippen LogP contribution in [0.2, 0.25) is 0 Å². The number of hydrogen-bond donors (Lipinski definition) is 1. The first-order valence-corrected chi connectivity index (χ1v) is 8.79. The van der Waals surface area contributed by atoms with Crippen LogP contribution < -0.4 is 5.32 Å². The van der Waals surface area contributed by atoms with E-state index >= 15 is 0 Å². The minimum Gasteiger partial charge on any atom is -0.352 e. The van der Waals surface area contributed by atoms with Crippen molar-refractivity contribution >= 4 is 22.2 Å². The second-order valence-electron chi connectivity index (χ2n) is 6.70. The molecule has 1 N–H and O–H groups in total. The van der Waals surface area contributed by atoms with E-state index in [9.17, 15) is 4.79 Å². The minimum atomic E-state index is -0.374. The van der Waals surface area contributed by atoms with Crippen LogP contribution in [0.1, 0.15) is 39.1 Å². The molecule has 0 aliphatic carbocycles. The van der Waals surface area contributed by atoms with Gasteiger partial charge in [0, 0.05) is 23.9 Å². The van der Waals surface area contributed by atoms with Gasteiger partial charge in [0.15, 0.2) is 5.82 Å².